The van der Waals surface area contributed by atoms with Crippen LogP contribution in [0.2, 0.25) is 0 Å². The van der Waals surface area contributed by atoms with Gasteiger partial charge in [-0.15, -0.1) is 0 Å². The van der Waals surface area contributed by atoms with Crippen LogP contribution in [0, 0.1) is 0 Å². The van der Waals surface area contributed by atoms with Crippen LogP contribution in [-0.4, -0.2) is 33.8 Å². The van der Waals surface area contributed by atoms with Crippen molar-refractivity contribution in [1.29, 1.82) is 0 Å². The molecular weight excluding hydrogens is 230 g/mol. The molecule has 0 amide bonds. The highest BCUT2D eigenvalue weighted by Gasteiger charge is 2.04. The van der Waals surface area contributed by atoms with Crippen LogP contribution in [0.1, 0.15) is 12.5 Å². The van der Waals surface area contributed by atoms with Crippen LogP contribution in [0.25, 0.3) is 6.08 Å². The van der Waals surface area contributed by atoms with Crippen molar-refractivity contribution in [3.05, 3.63) is 29.8 Å². The Morgan fingerprint density at radius 1 is 1.39 bits per heavy atom. The molecule has 0 aliphatic rings. The first-order chi connectivity index (χ1) is 8.58. The molecule has 0 aliphatic heterocycles. The van der Waals surface area contributed by atoms with E-state index in [1.165, 1.54) is 13.2 Å². The number of methoxy groups -OCH3 is 1. The second-order valence-corrected chi connectivity index (χ2v) is 3.91. The van der Waals surface area contributed by atoms with Crippen molar-refractivity contribution in [1.82, 2.24) is 0 Å². The summed E-state index contributed by atoms with van der Waals surface area (Å²) in [7, 11) is 5.29. The predicted octanol–water partition coefficient (Wildman–Crippen LogP) is 2.34. The van der Waals surface area contributed by atoms with Gasteiger partial charge in [-0.1, -0.05) is 0 Å². The molecule has 1 aromatic rings. The Labute approximate surface area is 108 Å². The van der Waals surface area contributed by atoms with Crippen LogP contribution in [0.4, 0.5) is 5.69 Å². The van der Waals surface area contributed by atoms with Gasteiger partial charge in [0.05, 0.1) is 13.7 Å². The Kier molecular flexibility index (Phi) is 5.24. The zero-order valence-electron chi connectivity index (χ0n) is 11.3. The Balaban J connectivity index is 3.03. The molecule has 0 aliphatic carbocycles. The lowest BCUT2D eigenvalue weighted by atomic mass is 10.1. The summed E-state index contributed by atoms with van der Waals surface area (Å²) in [4.78, 5) is 13.1. The van der Waals surface area contributed by atoms with Gasteiger partial charge >= 0.3 is 5.97 Å². The Morgan fingerprint density at radius 3 is 2.67 bits per heavy atom. The van der Waals surface area contributed by atoms with Gasteiger partial charge < -0.3 is 14.4 Å². The molecule has 0 aromatic heterocycles. The minimum Gasteiger partial charge on any atom is -0.493 e. The molecule has 4 nitrogen and oxygen atoms in total. The van der Waals surface area contributed by atoms with Gasteiger partial charge in [-0.3, -0.25) is 0 Å². The molecule has 98 valence electrons. The maximum absolute atomic E-state index is 11.1. The first-order valence-electron chi connectivity index (χ1n) is 5.78. The second-order valence-electron chi connectivity index (χ2n) is 3.91. The van der Waals surface area contributed by atoms with E-state index in [2.05, 4.69) is 4.74 Å². The molecule has 0 heterocycles. The molecule has 0 unspecified atom stereocenters. The normalized spacial score (nSPS) is 10.4. The van der Waals surface area contributed by atoms with Gasteiger partial charge in [0.15, 0.2) is 0 Å². The van der Waals surface area contributed by atoms with Crippen LogP contribution in [-0.2, 0) is 9.53 Å². The zero-order valence-corrected chi connectivity index (χ0v) is 11.3. The van der Waals surface area contributed by atoms with Crippen molar-refractivity contribution >= 4 is 17.7 Å². The first kappa shape index (κ1) is 14.1. The molecule has 1 aromatic carbocycles. The van der Waals surface area contributed by atoms with Crippen molar-refractivity contribution < 1.29 is 14.3 Å². The van der Waals surface area contributed by atoms with Gasteiger partial charge in [-0.25, -0.2) is 4.79 Å². The smallest absolute Gasteiger partial charge is 0.330 e. The van der Waals surface area contributed by atoms with Gasteiger partial charge in [0, 0.05) is 37.5 Å². The Hall–Kier alpha value is -1.97. The summed E-state index contributed by atoms with van der Waals surface area (Å²) in [5.41, 5.74) is 1.90. The van der Waals surface area contributed by atoms with E-state index in [1.54, 1.807) is 6.08 Å². The van der Waals surface area contributed by atoms with E-state index in [9.17, 15) is 4.79 Å². The highest BCUT2D eigenvalue weighted by atomic mass is 16.5. The minimum absolute atomic E-state index is 0.380. The largest absolute Gasteiger partial charge is 0.493 e. The third kappa shape index (κ3) is 3.80. The van der Waals surface area contributed by atoms with Crippen LogP contribution >= 0.6 is 0 Å². The molecule has 0 radical (unpaired) electrons. The van der Waals surface area contributed by atoms with Crippen molar-refractivity contribution in [2.45, 2.75) is 6.92 Å². The SMILES string of the molecule is CCOc1cc(N(C)C)ccc1C=CC(=O)OC. The lowest BCUT2D eigenvalue weighted by Gasteiger charge is -2.15. The predicted molar refractivity (Wildman–Crippen MR) is 73.0 cm³/mol. The highest BCUT2D eigenvalue weighted by molar-refractivity contribution is 5.87. The molecule has 0 spiro atoms. The summed E-state index contributed by atoms with van der Waals surface area (Å²) in [5, 5.41) is 0. The maximum atomic E-state index is 11.1. The lowest BCUT2D eigenvalue weighted by molar-refractivity contribution is -0.134. The van der Waals surface area contributed by atoms with Gasteiger partial charge in [0.25, 0.3) is 0 Å². The molecule has 0 fully saturated rings. The van der Waals surface area contributed by atoms with E-state index in [4.69, 9.17) is 4.74 Å². The van der Waals surface area contributed by atoms with Crippen LogP contribution in [0.3, 0.4) is 0 Å². The van der Waals surface area contributed by atoms with Crippen LogP contribution < -0.4 is 9.64 Å². The van der Waals surface area contributed by atoms with E-state index >= 15 is 0 Å². The quantitative estimate of drug-likeness (QED) is 0.593. The summed E-state index contributed by atoms with van der Waals surface area (Å²) >= 11 is 0. The number of hydrogen-bond donors (Lipinski definition) is 0. The van der Waals surface area contributed by atoms with Crippen LogP contribution in [0.15, 0.2) is 24.3 Å². The number of carbonyl (C=O) groups is 1. The summed E-state index contributed by atoms with van der Waals surface area (Å²) in [6, 6.07) is 5.83. The Bertz CT molecular complexity index is 439. The monoisotopic (exact) mass is 249 g/mol. The maximum Gasteiger partial charge on any atom is 0.330 e. The standard InChI is InChI=1S/C14H19NO3/c1-5-18-13-10-12(15(2)3)8-6-11(13)7-9-14(16)17-4/h6-10H,5H2,1-4H3. The number of anilines is 1. The molecule has 0 bridgehead atoms. The average molecular weight is 249 g/mol. The fourth-order valence-electron chi connectivity index (χ4n) is 1.45. The van der Waals surface area contributed by atoms with E-state index in [1.807, 2.05) is 44.1 Å². The molecule has 0 saturated heterocycles. The molecule has 0 N–H and O–H groups in total. The van der Waals surface area contributed by atoms with Gasteiger partial charge in [0.1, 0.15) is 5.75 Å². The zero-order chi connectivity index (χ0) is 13.5. The summed E-state index contributed by atoms with van der Waals surface area (Å²) < 4.78 is 10.1. The number of hydrogen-bond acceptors (Lipinski definition) is 4. The molecule has 0 atom stereocenters. The van der Waals surface area contributed by atoms with Gasteiger partial charge in [-0.2, -0.15) is 0 Å². The Morgan fingerprint density at radius 2 is 2.11 bits per heavy atom. The molecule has 4 heteroatoms. The molecule has 18 heavy (non-hydrogen) atoms. The fourth-order valence-corrected chi connectivity index (χ4v) is 1.45. The minimum atomic E-state index is -0.380. The van der Waals surface area contributed by atoms with Crippen molar-refractivity contribution in [3.8, 4) is 5.75 Å². The molecule has 0 saturated carbocycles. The number of esters is 1. The van der Waals surface area contributed by atoms with Gasteiger partial charge in [-0.05, 0) is 25.1 Å². The van der Waals surface area contributed by atoms with E-state index in [0.29, 0.717) is 6.61 Å². The van der Waals surface area contributed by atoms with Crippen molar-refractivity contribution in [3.63, 3.8) is 0 Å². The van der Waals surface area contributed by atoms with Crippen molar-refractivity contribution in [2.24, 2.45) is 0 Å². The summed E-state index contributed by atoms with van der Waals surface area (Å²) in [6.45, 7) is 2.51. The highest BCUT2D eigenvalue weighted by Crippen LogP contribution is 2.26. The van der Waals surface area contributed by atoms with Gasteiger partial charge in [0.2, 0.25) is 0 Å². The van der Waals surface area contributed by atoms with Crippen molar-refractivity contribution in [2.75, 3.05) is 32.7 Å². The van der Waals surface area contributed by atoms with E-state index in [-0.39, 0.29) is 5.97 Å². The van der Waals surface area contributed by atoms with Crippen LogP contribution in [0.5, 0.6) is 5.75 Å². The first-order valence-corrected chi connectivity index (χ1v) is 5.78. The third-order valence-corrected chi connectivity index (χ3v) is 2.41. The molecular formula is C14H19NO3. The lowest BCUT2D eigenvalue weighted by Crippen LogP contribution is -2.09. The summed E-state index contributed by atoms with van der Waals surface area (Å²) in [6.07, 6.45) is 3.07. The fraction of sp³-hybridized carbons (Fsp3) is 0.357. The third-order valence-electron chi connectivity index (χ3n) is 2.41. The topological polar surface area (TPSA) is 38.8 Å². The second kappa shape index (κ2) is 6.69. The number of carbonyl (C=O) groups excluding carboxylic acids is 1. The number of benzene rings is 1. The number of ether oxygens (including phenoxy) is 2. The number of nitrogens with zero attached hydrogens (tertiary/aromatic N) is 1. The average Bonchev–Trinajstić information content (AvgIpc) is 2.36. The van der Waals surface area contributed by atoms with E-state index < -0.39 is 0 Å². The molecule has 1 rings (SSSR count). The van der Waals surface area contributed by atoms with E-state index in [0.717, 1.165) is 17.0 Å². The summed E-state index contributed by atoms with van der Waals surface area (Å²) in [5.74, 6) is 0.373. The number of rotatable bonds is 5.